The number of nitrogens with zero attached hydrogens (tertiary/aromatic N) is 3. The van der Waals surface area contributed by atoms with Crippen LogP contribution in [0.15, 0.2) is 44.9 Å². The molecule has 1 atom stereocenters. The lowest BCUT2D eigenvalue weighted by molar-refractivity contribution is 0.588. The summed E-state index contributed by atoms with van der Waals surface area (Å²) in [6.07, 6.45) is 5.07. The van der Waals surface area contributed by atoms with Gasteiger partial charge in [-0.2, -0.15) is 9.97 Å². The van der Waals surface area contributed by atoms with E-state index in [4.69, 9.17) is 0 Å². The predicted octanol–water partition coefficient (Wildman–Crippen LogP) is 3.36. The molecule has 0 radical (unpaired) electrons. The minimum absolute atomic E-state index is 0.0695. The van der Waals surface area contributed by atoms with Gasteiger partial charge in [0.05, 0.1) is 11.0 Å². The molecular weight excluding hydrogens is 421 g/mol. The van der Waals surface area contributed by atoms with Crippen LogP contribution in [0.5, 0.6) is 0 Å². The Labute approximate surface area is 160 Å². The summed E-state index contributed by atoms with van der Waals surface area (Å²) < 4.78 is 28.1. The predicted molar refractivity (Wildman–Crippen MR) is 101 cm³/mol. The van der Waals surface area contributed by atoms with Gasteiger partial charge < -0.3 is 4.55 Å². The van der Waals surface area contributed by atoms with E-state index in [-0.39, 0.29) is 23.1 Å². The number of hydrogen-bond acceptors (Lipinski definition) is 4. The first kappa shape index (κ1) is 17.6. The molecule has 1 aromatic carbocycles. The lowest BCUT2D eigenvalue weighted by Gasteiger charge is -2.14. The molecule has 0 aliphatic heterocycles. The maximum atomic E-state index is 14.6. The SMILES string of the molecule is C[S+]([O-])c1ncc2cc(Br)c(=O)n(Cc3c(F)cccc3C3CC3)c2n1. The molecule has 0 saturated heterocycles. The van der Waals surface area contributed by atoms with Crippen LogP contribution in [0.1, 0.15) is 29.9 Å². The van der Waals surface area contributed by atoms with E-state index in [9.17, 15) is 13.7 Å². The second-order valence-corrected chi connectivity index (χ2v) is 8.48. The number of hydrogen-bond donors (Lipinski definition) is 0. The summed E-state index contributed by atoms with van der Waals surface area (Å²) in [6.45, 7) is 0.0695. The molecule has 0 spiro atoms. The van der Waals surface area contributed by atoms with Crippen LogP contribution >= 0.6 is 15.9 Å². The van der Waals surface area contributed by atoms with Crippen molar-refractivity contribution in [3.63, 3.8) is 0 Å². The molecule has 8 heteroatoms. The third-order valence-corrected chi connectivity index (χ3v) is 5.79. The second kappa shape index (κ2) is 6.75. The first-order chi connectivity index (χ1) is 12.5. The molecule has 1 saturated carbocycles. The summed E-state index contributed by atoms with van der Waals surface area (Å²) in [5, 5.41) is 0.763. The van der Waals surface area contributed by atoms with E-state index in [1.165, 1.54) is 23.1 Å². The average Bonchev–Trinajstić information content (AvgIpc) is 3.44. The molecule has 4 rings (SSSR count). The number of pyridine rings is 1. The summed E-state index contributed by atoms with van der Waals surface area (Å²) in [7, 11) is 0. The van der Waals surface area contributed by atoms with E-state index < -0.39 is 11.2 Å². The van der Waals surface area contributed by atoms with Crippen LogP contribution in [-0.2, 0) is 17.7 Å². The zero-order valence-corrected chi connectivity index (χ0v) is 16.3. The molecule has 1 fully saturated rings. The van der Waals surface area contributed by atoms with Crippen molar-refractivity contribution >= 4 is 38.1 Å². The number of fused-ring (bicyclic) bond motifs is 1. The molecule has 134 valence electrons. The normalized spacial score (nSPS) is 15.4. The van der Waals surface area contributed by atoms with Crippen molar-refractivity contribution in [3.05, 3.63) is 62.2 Å². The van der Waals surface area contributed by atoms with Crippen LogP contribution in [0.25, 0.3) is 11.0 Å². The fraction of sp³-hybridized carbons (Fsp3) is 0.278. The summed E-state index contributed by atoms with van der Waals surface area (Å²) in [5.74, 6) is 0.0194. The van der Waals surface area contributed by atoms with E-state index in [0.717, 1.165) is 18.4 Å². The van der Waals surface area contributed by atoms with Gasteiger partial charge in [0, 0.05) is 28.3 Å². The maximum Gasteiger partial charge on any atom is 0.344 e. The average molecular weight is 436 g/mol. The van der Waals surface area contributed by atoms with Crippen LogP contribution < -0.4 is 5.56 Å². The molecule has 26 heavy (non-hydrogen) atoms. The highest BCUT2D eigenvalue weighted by atomic mass is 79.9. The van der Waals surface area contributed by atoms with Gasteiger partial charge >= 0.3 is 5.16 Å². The molecule has 2 aromatic heterocycles. The van der Waals surface area contributed by atoms with Gasteiger partial charge in [0.1, 0.15) is 12.1 Å². The number of rotatable bonds is 4. The van der Waals surface area contributed by atoms with Gasteiger partial charge in [-0.15, -0.1) is 0 Å². The zero-order valence-electron chi connectivity index (χ0n) is 13.9. The second-order valence-electron chi connectivity index (χ2n) is 6.35. The van der Waals surface area contributed by atoms with Crippen LogP contribution in [0.2, 0.25) is 0 Å². The highest BCUT2D eigenvalue weighted by molar-refractivity contribution is 9.10. The van der Waals surface area contributed by atoms with E-state index in [1.807, 2.05) is 6.07 Å². The maximum absolute atomic E-state index is 14.6. The highest BCUT2D eigenvalue weighted by Gasteiger charge is 2.28. The van der Waals surface area contributed by atoms with E-state index in [1.54, 1.807) is 12.1 Å². The van der Waals surface area contributed by atoms with Crippen LogP contribution in [0.4, 0.5) is 4.39 Å². The van der Waals surface area contributed by atoms with Gasteiger partial charge in [0.25, 0.3) is 5.56 Å². The van der Waals surface area contributed by atoms with Crippen molar-refractivity contribution in [2.24, 2.45) is 0 Å². The highest BCUT2D eigenvalue weighted by Crippen LogP contribution is 2.42. The smallest absolute Gasteiger partial charge is 0.344 e. The quantitative estimate of drug-likeness (QED) is 0.465. The Morgan fingerprint density at radius 3 is 2.88 bits per heavy atom. The van der Waals surface area contributed by atoms with E-state index in [2.05, 4.69) is 25.9 Å². The molecule has 5 nitrogen and oxygen atoms in total. The Bertz CT molecular complexity index is 1070. The lowest BCUT2D eigenvalue weighted by atomic mass is 10.0. The molecule has 1 aliphatic rings. The van der Waals surface area contributed by atoms with E-state index in [0.29, 0.717) is 27.0 Å². The Morgan fingerprint density at radius 1 is 1.42 bits per heavy atom. The Morgan fingerprint density at radius 2 is 2.19 bits per heavy atom. The van der Waals surface area contributed by atoms with Crippen molar-refractivity contribution in [1.82, 2.24) is 14.5 Å². The number of halogens is 2. The largest absolute Gasteiger partial charge is 0.609 e. The van der Waals surface area contributed by atoms with Crippen LogP contribution in [-0.4, -0.2) is 25.3 Å². The van der Waals surface area contributed by atoms with Crippen LogP contribution in [0.3, 0.4) is 0 Å². The number of benzene rings is 1. The minimum atomic E-state index is -1.38. The summed E-state index contributed by atoms with van der Waals surface area (Å²) in [5.41, 5.74) is 1.49. The third-order valence-electron chi connectivity index (χ3n) is 4.51. The zero-order chi connectivity index (χ0) is 18.4. The van der Waals surface area contributed by atoms with Crippen molar-refractivity contribution in [2.45, 2.75) is 30.5 Å². The third kappa shape index (κ3) is 3.17. The van der Waals surface area contributed by atoms with Gasteiger partial charge in [-0.3, -0.25) is 9.36 Å². The van der Waals surface area contributed by atoms with Gasteiger partial charge in [0.2, 0.25) is 0 Å². The van der Waals surface area contributed by atoms with Gasteiger partial charge in [-0.25, -0.2) is 4.39 Å². The Kier molecular flexibility index (Phi) is 4.58. The summed E-state index contributed by atoms with van der Waals surface area (Å²) in [6, 6.07) is 6.66. The van der Waals surface area contributed by atoms with Gasteiger partial charge in [-0.1, -0.05) is 12.1 Å². The summed E-state index contributed by atoms with van der Waals surface area (Å²) >= 11 is 1.88. The fourth-order valence-corrected chi connectivity index (χ4v) is 3.95. The lowest BCUT2D eigenvalue weighted by Crippen LogP contribution is -2.24. The first-order valence-electron chi connectivity index (χ1n) is 8.12. The van der Waals surface area contributed by atoms with Gasteiger partial charge in [-0.05, 0) is 52.4 Å². The minimum Gasteiger partial charge on any atom is -0.609 e. The van der Waals surface area contributed by atoms with Crippen molar-refractivity contribution in [3.8, 4) is 0 Å². The van der Waals surface area contributed by atoms with Crippen molar-refractivity contribution in [2.75, 3.05) is 6.26 Å². The molecule has 1 aliphatic carbocycles. The first-order valence-corrected chi connectivity index (χ1v) is 10.5. The fourth-order valence-electron chi connectivity index (χ4n) is 3.07. The Hall–Kier alpha value is -1.77. The number of aromatic nitrogens is 3. The summed E-state index contributed by atoms with van der Waals surface area (Å²) in [4.78, 5) is 21.1. The molecule has 1 unspecified atom stereocenters. The standard InChI is InChI=1S/C18H15BrFN3O2S/c1-26(25)18-21-8-11-7-14(19)17(24)23(16(11)22-18)9-13-12(10-5-6-10)3-2-4-15(13)20/h2-4,7-8,10H,5-6,9H2,1H3. The van der Waals surface area contributed by atoms with E-state index >= 15 is 0 Å². The van der Waals surface area contributed by atoms with Crippen LogP contribution in [0, 0.1) is 5.82 Å². The molecule has 0 N–H and O–H groups in total. The topological polar surface area (TPSA) is 70.8 Å². The molecule has 0 bridgehead atoms. The van der Waals surface area contributed by atoms with Gasteiger partial charge in [0.15, 0.2) is 5.65 Å². The molecule has 0 amide bonds. The monoisotopic (exact) mass is 435 g/mol. The molecule has 2 heterocycles. The van der Waals surface area contributed by atoms with Crippen molar-refractivity contribution in [1.29, 1.82) is 0 Å². The van der Waals surface area contributed by atoms with Crippen molar-refractivity contribution < 1.29 is 8.94 Å². The Balaban J connectivity index is 1.93. The molecule has 3 aromatic rings. The molecular formula is C18H15BrFN3O2S.